The van der Waals surface area contributed by atoms with Gasteiger partial charge < -0.3 is 10.2 Å². The summed E-state index contributed by atoms with van der Waals surface area (Å²) in [5, 5.41) is 18.6. The number of nitrogens with zero attached hydrogens (tertiary/aromatic N) is 1. The van der Waals surface area contributed by atoms with Crippen LogP contribution in [0.1, 0.15) is 18.4 Å². The number of benzene rings is 1. The molecule has 1 fully saturated rings. The van der Waals surface area contributed by atoms with Crippen LogP contribution in [0.15, 0.2) is 29.3 Å². The number of aliphatic hydroxyl groups excluding tert-OH is 1. The molecule has 1 aromatic carbocycles. The van der Waals surface area contributed by atoms with E-state index in [9.17, 15) is 15.0 Å². The van der Waals surface area contributed by atoms with E-state index in [0.717, 1.165) is 5.56 Å². The molecular weight excluding hydrogens is 194 g/mol. The van der Waals surface area contributed by atoms with Crippen LogP contribution in [0, 0.1) is 0 Å². The zero-order valence-electron chi connectivity index (χ0n) is 8.05. The van der Waals surface area contributed by atoms with Gasteiger partial charge >= 0.3 is 0 Å². The largest absolute Gasteiger partial charge is 0.508 e. The molecule has 0 radical (unpaired) electrons. The molecule has 0 atom stereocenters. The first-order valence-electron chi connectivity index (χ1n) is 4.73. The summed E-state index contributed by atoms with van der Waals surface area (Å²) in [6.45, 7) is 0. The molecule has 0 aromatic heterocycles. The van der Waals surface area contributed by atoms with E-state index in [1.165, 1.54) is 6.08 Å². The number of phenolic OH excluding ortho intramolecular Hbond substituents is 1. The van der Waals surface area contributed by atoms with E-state index in [1.54, 1.807) is 24.3 Å². The molecule has 1 aliphatic rings. The van der Waals surface area contributed by atoms with Gasteiger partial charge in [-0.2, -0.15) is 4.99 Å². The minimum Gasteiger partial charge on any atom is -0.508 e. The van der Waals surface area contributed by atoms with Gasteiger partial charge in [-0.15, -0.1) is 0 Å². The number of aliphatic imine (C=N–C) groups is 1. The Morgan fingerprint density at radius 1 is 1.47 bits per heavy atom. The monoisotopic (exact) mass is 205 g/mol. The predicted molar refractivity (Wildman–Crippen MR) is 53.1 cm³/mol. The van der Waals surface area contributed by atoms with E-state index in [4.69, 9.17) is 0 Å². The number of hydrogen-bond acceptors (Lipinski definition) is 4. The van der Waals surface area contributed by atoms with E-state index in [1.807, 2.05) is 0 Å². The van der Waals surface area contributed by atoms with Crippen molar-refractivity contribution in [3.63, 3.8) is 0 Å². The third-order valence-corrected chi connectivity index (χ3v) is 2.79. The Bertz CT molecular complexity index is 418. The summed E-state index contributed by atoms with van der Waals surface area (Å²) < 4.78 is 0. The third-order valence-electron chi connectivity index (χ3n) is 2.79. The normalized spacial score (nSPS) is 29.0. The average molecular weight is 205 g/mol. The van der Waals surface area contributed by atoms with Gasteiger partial charge in [0.25, 0.3) is 0 Å². The first-order chi connectivity index (χ1) is 7.16. The summed E-state index contributed by atoms with van der Waals surface area (Å²) >= 11 is 0. The first kappa shape index (κ1) is 9.90. The highest BCUT2D eigenvalue weighted by molar-refractivity contribution is 5.41. The van der Waals surface area contributed by atoms with Crippen molar-refractivity contribution in [2.45, 2.75) is 24.5 Å². The van der Waals surface area contributed by atoms with Crippen molar-refractivity contribution in [2.24, 2.45) is 4.99 Å². The molecule has 1 aliphatic carbocycles. The van der Waals surface area contributed by atoms with Crippen LogP contribution in [0.25, 0.3) is 0 Å². The quantitative estimate of drug-likeness (QED) is 0.560. The second-order valence-electron chi connectivity index (χ2n) is 3.85. The Morgan fingerprint density at radius 2 is 2.20 bits per heavy atom. The van der Waals surface area contributed by atoms with E-state index >= 15 is 0 Å². The SMILES string of the molecule is O=C=NC1(c2cccc(O)c2)CC(O)C1. The van der Waals surface area contributed by atoms with Crippen molar-refractivity contribution in [2.75, 3.05) is 0 Å². The van der Waals surface area contributed by atoms with Gasteiger partial charge in [0.15, 0.2) is 0 Å². The van der Waals surface area contributed by atoms with Crippen LogP contribution in [-0.4, -0.2) is 22.4 Å². The van der Waals surface area contributed by atoms with Crippen LogP contribution in [0.2, 0.25) is 0 Å². The lowest BCUT2D eigenvalue weighted by Gasteiger charge is -2.41. The first-order valence-corrected chi connectivity index (χ1v) is 4.73. The second-order valence-corrected chi connectivity index (χ2v) is 3.85. The van der Waals surface area contributed by atoms with Crippen LogP contribution < -0.4 is 0 Å². The molecule has 0 bridgehead atoms. The number of carbonyl (C=O) groups excluding carboxylic acids is 1. The molecule has 2 rings (SSSR count). The van der Waals surface area contributed by atoms with Crippen LogP contribution >= 0.6 is 0 Å². The Hall–Kier alpha value is -1.64. The molecule has 2 N–H and O–H groups in total. The number of hydrogen-bond donors (Lipinski definition) is 2. The topological polar surface area (TPSA) is 69.9 Å². The van der Waals surface area contributed by atoms with Gasteiger partial charge in [0.2, 0.25) is 6.08 Å². The van der Waals surface area contributed by atoms with Crippen LogP contribution in [-0.2, 0) is 10.3 Å². The van der Waals surface area contributed by atoms with Crippen molar-refractivity contribution in [1.82, 2.24) is 0 Å². The van der Waals surface area contributed by atoms with Crippen molar-refractivity contribution >= 4 is 6.08 Å². The smallest absolute Gasteiger partial charge is 0.235 e. The van der Waals surface area contributed by atoms with E-state index in [2.05, 4.69) is 4.99 Å². The molecule has 15 heavy (non-hydrogen) atoms. The number of aromatic hydroxyl groups is 1. The highest BCUT2D eigenvalue weighted by Crippen LogP contribution is 2.45. The predicted octanol–water partition coefficient (Wildman–Crippen LogP) is 1.08. The molecule has 4 nitrogen and oxygen atoms in total. The fraction of sp³-hybridized carbons (Fsp3) is 0.364. The summed E-state index contributed by atoms with van der Waals surface area (Å²) in [4.78, 5) is 14.1. The lowest BCUT2D eigenvalue weighted by Crippen LogP contribution is -2.43. The zero-order valence-corrected chi connectivity index (χ0v) is 8.05. The number of isocyanates is 1. The summed E-state index contributed by atoms with van der Waals surface area (Å²) in [6.07, 6.45) is 1.92. The van der Waals surface area contributed by atoms with Crippen LogP contribution in [0.4, 0.5) is 0 Å². The lowest BCUT2D eigenvalue weighted by atomic mass is 9.70. The molecule has 4 heteroatoms. The molecular formula is C11H11NO3. The van der Waals surface area contributed by atoms with Gasteiger partial charge in [0.05, 0.1) is 6.10 Å². The minimum absolute atomic E-state index is 0.134. The molecule has 0 spiro atoms. The summed E-state index contributed by atoms with van der Waals surface area (Å²) in [5.41, 5.74) is 0.0658. The average Bonchev–Trinajstić information content (AvgIpc) is 2.15. The van der Waals surface area contributed by atoms with E-state index in [0.29, 0.717) is 12.8 Å². The van der Waals surface area contributed by atoms with Crippen molar-refractivity contribution < 1.29 is 15.0 Å². The van der Waals surface area contributed by atoms with Crippen LogP contribution in [0.5, 0.6) is 5.75 Å². The number of phenols is 1. The molecule has 0 amide bonds. The molecule has 0 unspecified atom stereocenters. The van der Waals surface area contributed by atoms with Crippen molar-refractivity contribution in [3.05, 3.63) is 29.8 Å². The Kier molecular flexibility index (Phi) is 2.31. The Labute approximate surface area is 86.9 Å². The minimum atomic E-state index is -0.681. The number of aliphatic hydroxyl groups is 1. The second kappa shape index (κ2) is 3.50. The standard InChI is InChI=1S/C11H11NO3/c13-7-12-11(5-10(15)6-11)8-2-1-3-9(14)4-8/h1-4,10,14-15H,5-6H2. The Morgan fingerprint density at radius 3 is 2.73 bits per heavy atom. The fourth-order valence-electron chi connectivity index (χ4n) is 1.99. The summed E-state index contributed by atoms with van der Waals surface area (Å²) in [7, 11) is 0. The van der Waals surface area contributed by atoms with Crippen molar-refractivity contribution in [1.29, 1.82) is 0 Å². The fourth-order valence-corrected chi connectivity index (χ4v) is 1.99. The highest BCUT2D eigenvalue weighted by atomic mass is 16.3. The van der Waals surface area contributed by atoms with Crippen molar-refractivity contribution in [3.8, 4) is 5.75 Å². The molecule has 0 aliphatic heterocycles. The molecule has 0 saturated heterocycles. The van der Waals surface area contributed by atoms with Gasteiger partial charge in [-0.1, -0.05) is 12.1 Å². The molecule has 0 heterocycles. The maximum Gasteiger partial charge on any atom is 0.235 e. The maximum absolute atomic E-state index is 10.3. The van der Waals surface area contributed by atoms with Gasteiger partial charge in [0, 0.05) is 12.8 Å². The highest BCUT2D eigenvalue weighted by Gasteiger charge is 2.45. The van der Waals surface area contributed by atoms with Gasteiger partial charge in [-0.05, 0) is 17.7 Å². The van der Waals surface area contributed by atoms with E-state index < -0.39 is 11.6 Å². The molecule has 1 saturated carbocycles. The Balaban J connectivity index is 2.38. The molecule has 1 aromatic rings. The number of rotatable bonds is 2. The summed E-state index contributed by atoms with van der Waals surface area (Å²) in [6, 6.07) is 6.59. The van der Waals surface area contributed by atoms with Crippen LogP contribution in [0.3, 0.4) is 0 Å². The molecule has 78 valence electrons. The van der Waals surface area contributed by atoms with Gasteiger partial charge in [-0.25, -0.2) is 4.79 Å². The van der Waals surface area contributed by atoms with Gasteiger partial charge in [-0.3, -0.25) is 0 Å². The third kappa shape index (κ3) is 1.65. The maximum atomic E-state index is 10.3. The summed E-state index contributed by atoms with van der Waals surface area (Å²) in [5.74, 6) is 0.134. The van der Waals surface area contributed by atoms with E-state index in [-0.39, 0.29) is 5.75 Å². The zero-order chi connectivity index (χ0) is 10.9. The van der Waals surface area contributed by atoms with Gasteiger partial charge in [0.1, 0.15) is 11.3 Å². The lowest BCUT2D eigenvalue weighted by molar-refractivity contribution is 0.0222.